The number of amides is 3. The van der Waals surface area contributed by atoms with Crippen LogP contribution in [0.15, 0.2) is 72.0 Å². The van der Waals surface area contributed by atoms with E-state index in [1.165, 1.54) is 0 Å². The molecule has 18 heteroatoms. The van der Waals surface area contributed by atoms with Crippen molar-refractivity contribution in [1.82, 2.24) is 4.98 Å². The largest absolute Gasteiger partial charge is 0.488 e. The summed E-state index contributed by atoms with van der Waals surface area (Å²) in [5.74, 6) is -2.17. The molecule has 54 heavy (non-hydrogen) atoms. The van der Waals surface area contributed by atoms with E-state index >= 15 is 4.39 Å². The fourth-order valence-corrected chi connectivity index (χ4v) is 5.14. The number of halogens is 4. The standard InChI is InChI=1S/C36H36F4N8O6/c1-22-4-5-26(20-29(22)44-25-6-7-27-28(19-24-3-2-8-42-24)34(49)46-30(27)21-25)45-35(50)47-31-17-23(36(38,39)40)18-32(33(31)37)54-16-15-53-14-13-52-12-11-51-10-9-43-48-41/h2-8,17-21,42,44H,9-16H2,1H3,(H,46,49)(H2,45,47,50)/b28-19-. The first-order chi connectivity index (χ1) is 26.0. The van der Waals surface area contributed by atoms with Crippen molar-refractivity contribution in [3.05, 3.63) is 106 Å². The number of aromatic nitrogens is 1. The zero-order chi connectivity index (χ0) is 38.5. The number of aryl methyl sites for hydroxylation is 1. The highest BCUT2D eigenvalue weighted by Gasteiger charge is 2.33. The zero-order valence-corrected chi connectivity index (χ0v) is 28.9. The third kappa shape index (κ3) is 11.0. The molecule has 3 aromatic carbocycles. The number of urea groups is 1. The molecule has 284 valence electrons. The van der Waals surface area contributed by atoms with Crippen LogP contribution >= 0.6 is 0 Å². The fraction of sp³-hybridized carbons (Fsp3) is 0.278. The summed E-state index contributed by atoms with van der Waals surface area (Å²) in [6.45, 7) is 2.81. The molecule has 0 bridgehead atoms. The predicted octanol–water partition coefficient (Wildman–Crippen LogP) is 8.10. The van der Waals surface area contributed by atoms with Gasteiger partial charge in [-0.15, -0.1) is 0 Å². The minimum atomic E-state index is -4.86. The highest BCUT2D eigenvalue weighted by molar-refractivity contribution is 6.35. The first kappa shape index (κ1) is 39.1. The summed E-state index contributed by atoms with van der Waals surface area (Å²) in [5, 5.41) is 14.1. The topological polar surface area (TPSA) is 184 Å². The van der Waals surface area contributed by atoms with Gasteiger partial charge in [-0.3, -0.25) is 4.79 Å². The molecule has 0 spiro atoms. The van der Waals surface area contributed by atoms with Crippen molar-refractivity contribution in [3.63, 3.8) is 0 Å². The van der Waals surface area contributed by atoms with Crippen LogP contribution in [-0.2, 0) is 25.2 Å². The van der Waals surface area contributed by atoms with Crippen LogP contribution in [0.3, 0.4) is 0 Å². The van der Waals surface area contributed by atoms with E-state index in [9.17, 15) is 22.8 Å². The lowest BCUT2D eigenvalue weighted by molar-refractivity contribution is -0.137. The summed E-state index contributed by atoms with van der Waals surface area (Å²) < 4.78 is 77.5. The van der Waals surface area contributed by atoms with Crippen molar-refractivity contribution in [2.75, 3.05) is 74.1 Å². The first-order valence-corrected chi connectivity index (χ1v) is 16.6. The van der Waals surface area contributed by atoms with Gasteiger partial charge in [0.25, 0.3) is 5.91 Å². The Hall–Kier alpha value is -6.07. The molecule has 0 saturated carbocycles. The molecule has 3 amide bonds. The predicted molar refractivity (Wildman–Crippen MR) is 194 cm³/mol. The third-order valence-corrected chi connectivity index (χ3v) is 7.74. The van der Waals surface area contributed by atoms with E-state index in [0.717, 1.165) is 16.8 Å². The van der Waals surface area contributed by atoms with Crippen molar-refractivity contribution in [2.45, 2.75) is 13.1 Å². The second-order valence-corrected chi connectivity index (χ2v) is 11.6. The number of nitrogens with one attached hydrogen (secondary N) is 5. The maximum atomic E-state index is 15.3. The van der Waals surface area contributed by atoms with Crippen molar-refractivity contribution in [2.24, 2.45) is 5.11 Å². The number of azide groups is 1. The average Bonchev–Trinajstić information content (AvgIpc) is 3.76. The minimum Gasteiger partial charge on any atom is -0.488 e. The Morgan fingerprint density at radius 1 is 0.907 bits per heavy atom. The summed E-state index contributed by atoms with van der Waals surface area (Å²) >= 11 is 0. The number of benzene rings is 3. The lowest BCUT2D eigenvalue weighted by atomic mass is 10.1. The van der Waals surface area contributed by atoms with Crippen molar-refractivity contribution >= 4 is 52.0 Å². The number of carbonyl (C=O) groups is 2. The maximum absolute atomic E-state index is 15.3. The van der Waals surface area contributed by atoms with Crippen LogP contribution in [0.5, 0.6) is 5.75 Å². The molecule has 1 aromatic heterocycles. The number of nitrogens with zero attached hydrogens (tertiary/aromatic N) is 3. The van der Waals surface area contributed by atoms with Crippen LogP contribution < -0.4 is 26.0 Å². The second-order valence-electron chi connectivity index (χ2n) is 11.6. The Labute approximate surface area is 306 Å². The highest BCUT2D eigenvalue weighted by atomic mass is 19.4. The number of fused-ring (bicyclic) bond motifs is 1. The lowest BCUT2D eigenvalue weighted by Gasteiger charge is -2.16. The molecule has 0 radical (unpaired) electrons. The highest BCUT2D eigenvalue weighted by Crippen LogP contribution is 2.38. The molecule has 14 nitrogen and oxygen atoms in total. The van der Waals surface area contributed by atoms with Gasteiger partial charge in [-0.2, -0.15) is 13.2 Å². The molecule has 5 rings (SSSR count). The van der Waals surface area contributed by atoms with E-state index in [0.29, 0.717) is 34.8 Å². The Kier molecular flexibility index (Phi) is 13.5. The van der Waals surface area contributed by atoms with Crippen LogP contribution in [-0.4, -0.2) is 69.7 Å². The number of ether oxygens (including phenoxy) is 4. The smallest absolute Gasteiger partial charge is 0.416 e. The summed E-state index contributed by atoms with van der Waals surface area (Å²) in [6.07, 6.45) is -1.35. The number of carbonyl (C=O) groups excluding carboxylic acids is 2. The van der Waals surface area contributed by atoms with Crippen LogP contribution in [0.1, 0.15) is 22.4 Å². The van der Waals surface area contributed by atoms with Gasteiger partial charge >= 0.3 is 12.2 Å². The lowest BCUT2D eigenvalue weighted by Crippen LogP contribution is -2.21. The number of hydrogen-bond donors (Lipinski definition) is 5. The SMILES string of the molecule is Cc1ccc(NC(=O)Nc2cc(C(F)(F)F)cc(OCCOCCOCCOCCN=[N+]=[N-])c2F)cc1Nc1ccc2c(c1)NC(=O)/C2=C\c1ccc[nH]1. The fourth-order valence-electron chi connectivity index (χ4n) is 5.14. The van der Waals surface area contributed by atoms with Gasteiger partial charge in [0.1, 0.15) is 6.61 Å². The molecule has 1 aliphatic rings. The Morgan fingerprint density at radius 2 is 1.63 bits per heavy atom. The average molecular weight is 753 g/mol. The summed E-state index contributed by atoms with van der Waals surface area (Å²) in [7, 11) is 0. The Bertz CT molecular complexity index is 2020. The number of anilines is 5. The van der Waals surface area contributed by atoms with Gasteiger partial charge in [-0.05, 0) is 72.6 Å². The molecule has 5 N–H and O–H groups in total. The molecule has 0 aliphatic carbocycles. The Balaban J connectivity index is 1.16. The van der Waals surface area contributed by atoms with Gasteiger partial charge in [0.05, 0.1) is 62.2 Å². The van der Waals surface area contributed by atoms with Crippen molar-refractivity contribution in [1.29, 1.82) is 0 Å². The number of rotatable bonds is 18. The van der Waals surface area contributed by atoms with E-state index in [-0.39, 0.29) is 64.4 Å². The molecule has 0 saturated heterocycles. The van der Waals surface area contributed by atoms with Crippen LogP contribution in [0.25, 0.3) is 22.1 Å². The van der Waals surface area contributed by atoms with E-state index < -0.39 is 35.0 Å². The molecular weight excluding hydrogens is 716 g/mol. The molecule has 0 atom stereocenters. The van der Waals surface area contributed by atoms with Crippen LogP contribution in [0, 0.1) is 12.7 Å². The summed E-state index contributed by atoms with van der Waals surface area (Å²) in [6, 6.07) is 13.9. The van der Waals surface area contributed by atoms with E-state index in [4.69, 9.17) is 24.5 Å². The zero-order valence-electron chi connectivity index (χ0n) is 28.9. The van der Waals surface area contributed by atoms with Gasteiger partial charge in [0.2, 0.25) is 0 Å². The van der Waals surface area contributed by atoms with E-state index in [1.807, 2.05) is 19.1 Å². The molecule has 0 unspecified atom stereocenters. The van der Waals surface area contributed by atoms with Crippen LogP contribution in [0.4, 0.5) is 50.8 Å². The van der Waals surface area contributed by atoms with E-state index in [1.54, 1.807) is 48.7 Å². The van der Waals surface area contributed by atoms with Gasteiger partial charge in [0, 0.05) is 46.0 Å². The maximum Gasteiger partial charge on any atom is 0.416 e. The summed E-state index contributed by atoms with van der Waals surface area (Å²) in [4.78, 5) is 31.2. The molecule has 2 heterocycles. The quantitative estimate of drug-likeness (QED) is 0.0170. The number of aromatic amines is 1. The number of alkyl halides is 3. The van der Waals surface area contributed by atoms with Crippen LogP contribution in [0.2, 0.25) is 0 Å². The van der Waals surface area contributed by atoms with Crippen molar-refractivity contribution < 1.29 is 46.1 Å². The van der Waals surface area contributed by atoms with Gasteiger partial charge in [-0.1, -0.05) is 17.2 Å². The normalized spacial score (nSPS) is 12.9. The van der Waals surface area contributed by atoms with E-state index in [2.05, 4.69) is 36.3 Å². The first-order valence-electron chi connectivity index (χ1n) is 16.6. The summed E-state index contributed by atoms with van der Waals surface area (Å²) in [5.41, 5.74) is 11.1. The molecule has 1 aliphatic heterocycles. The third-order valence-electron chi connectivity index (χ3n) is 7.74. The number of H-pyrrole nitrogens is 1. The minimum absolute atomic E-state index is 0.0823. The second kappa shape index (κ2) is 18.6. The molecular formula is C36H36F4N8O6. The Morgan fingerprint density at radius 3 is 2.33 bits per heavy atom. The van der Waals surface area contributed by atoms with Gasteiger partial charge in [0.15, 0.2) is 11.6 Å². The number of hydrogen-bond acceptors (Lipinski definition) is 8. The molecule has 0 fully saturated rings. The van der Waals surface area contributed by atoms with Gasteiger partial charge < -0.3 is 45.2 Å². The van der Waals surface area contributed by atoms with Gasteiger partial charge in [-0.25, -0.2) is 9.18 Å². The monoisotopic (exact) mass is 752 g/mol. The molecule has 4 aromatic rings. The van der Waals surface area contributed by atoms with Crippen molar-refractivity contribution in [3.8, 4) is 5.75 Å².